The van der Waals surface area contributed by atoms with E-state index in [0.717, 1.165) is 5.56 Å². The topological polar surface area (TPSA) is 38.0 Å². The predicted octanol–water partition coefficient (Wildman–Crippen LogP) is 1.95. The Labute approximate surface area is 93.2 Å². The fourth-order valence-electron chi connectivity index (χ4n) is 1.67. The molecule has 2 rings (SSSR count). The van der Waals surface area contributed by atoms with Crippen LogP contribution in [0.15, 0.2) is 30.5 Å². The van der Waals surface area contributed by atoms with E-state index < -0.39 is 6.10 Å². The molecule has 0 saturated heterocycles. The van der Waals surface area contributed by atoms with Crippen molar-refractivity contribution < 1.29 is 9.50 Å². The van der Waals surface area contributed by atoms with E-state index in [4.69, 9.17) is 0 Å². The fourth-order valence-corrected chi connectivity index (χ4v) is 1.67. The second-order valence-corrected chi connectivity index (χ2v) is 3.88. The van der Waals surface area contributed by atoms with Gasteiger partial charge in [-0.1, -0.05) is 6.07 Å². The molecule has 4 heteroatoms. The Hall–Kier alpha value is -1.68. The Bertz CT molecular complexity index is 487. The van der Waals surface area contributed by atoms with Gasteiger partial charge in [-0.25, -0.2) is 4.39 Å². The van der Waals surface area contributed by atoms with E-state index in [1.165, 1.54) is 12.1 Å². The maximum absolute atomic E-state index is 13.2. The maximum atomic E-state index is 13.2. The molecule has 1 N–H and O–H groups in total. The molecule has 16 heavy (non-hydrogen) atoms. The van der Waals surface area contributed by atoms with Crippen molar-refractivity contribution in [1.82, 2.24) is 9.78 Å². The minimum atomic E-state index is -0.879. The van der Waals surface area contributed by atoms with Crippen molar-refractivity contribution in [3.63, 3.8) is 0 Å². The van der Waals surface area contributed by atoms with Crippen LogP contribution in [0.4, 0.5) is 4.39 Å². The highest BCUT2D eigenvalue weighted by Crippen LogP contribution is 2.22. The molecule has 0 radical (unpaired) electrons. The smallest absolute Gasteiger partial charge is 0.123 e. The summed E-state index contributed by atoms with van der Waals surface area (Å²) in [7, 11) is 1.77. The normalized spacial score (nSPS) is 12.8. The molecule has 0 aliphatic rings. The predicted molar refractivity (Wildman–Crippen MR) is 58.4 cm³/mol. The van der Waals surface area contributed by atoms with Crippen molar-refractivity contribution >= 4 is 0 Å². The third-order valence-electron chi connectivity index (χ3n) is 2.39. The molecular formula is C12H13FN2O. The van der Waals surface area contributed by atoms with E-state index in [9.17, 15) is 9.50 Å². The van der Waals surface area contributed by atoms with Crippen LogP contribution in [0.3, 0.4) is 0 Å². The lowest BCUT2D eigenvalue weighted by atomic mass is 10.0. The summed E-state index contributed by atoms with van der Waals surface area (Å²) in [5.74, 6) is -0.343. The molecule has 0 aliphatic carbocycles. The van der Waals surface area contributed by atoms with Crippen LogP contribution in [0.5, 0.6) is 0 Å². The van der Waals surface area contributed by atoms with Gasteiger partial charge in [-0.05, 0) is 36.2 Å². The standard InChI is InChI=1S/C12H13FN2O/c1-8-5-9(7-10(13)6-8)12(16)11-3-4-15(2)14-11/h3-7,12,16H,1-2H3. The number of benzene rings is 1. The van der Waals surface area contributed by atoms with Gasteiger partial charge < -0.3 is 5.11 Å². The molecule has 3 nitrogen and oxygen atoms in total. The maximum Gasteiger partial charge on any atom is 0.123 e. The van der Waals surface area contributed by atoms with Crippen LogP contribution in [0.25, 0.3) is 0 Å². The van der Waals surface area contributed by atoms with Crippen LogP contribution in [0.1, 0.15) is 22.9 Å². The summed E-state index contributed by atoms with van der Waals surface area (Å²) in [5.41, 5.74) is 1.83. The molecule has 2 aromatic rings. The van der Waals surface area contributed by atoms with E-state index >= 15 is 0 Å². The summed E-state index contributed by atoms with van der Waals surface area (Å²) in [6.07, 6.45) is 0.862. The van der Waals surface area contributed by atoms with Crippen LogP contribution in [-0.4, -0.2) is 14.9 Å². The van der Waals surface area contributed by atoms with Crippen molar-refractivity contribution in [2.24, 2.45) is 7.05 Å². The minimum Gasteiger partial charge on any atom is -0.382 e. The number of aromatic nitrogens is 2. The SMILES string of the molecule is Cc1cc(F)cc(C(O)c2ccn(C)n2)c1. The highest BCUT2D eigenvalue weighted by Gasteiger charge is 2.14. The van der Waals surface area contributed by atoms with Crippen molar-refractivity contribution in [1.29, 1.82) is 0 Å². The van der Waals surface area contributed by atoms with Gasteiger partial charge in [0.15, 0.2) is 0 Å². The summed E-state index contributed by atoms with van der Waals surface area (Å²) in [6.45, 7) is 1.79. The summed E-state index contributed by atoms with van der Waals surface area (Å²) in [5, 5.41) is 14.1. The molecule has 0 fully saturated rings. The van der Waals surface area contributed by atoms with Gasteiger partial charge in [-0.15, -0.1) is 0 Å². The number of hydrogen-bond acceptors (Lipinski definition) is 2. The number of rotatable bonds is 2. The Morgan fingerprint density at radius 1 is 1.38 bits per heavy atom. The number of halogens is 1. The Balaban J connectivity index is 2.37. The van der Waals surface area contributed by atoms with Gasteiger partial charge in [-0.2, -0.15) is 5.10 Å². The molecule has 0 aliphatic heterocycles. The lowest BCUT2D eigenvalue weighted by Crippen LogP contribution is -2.02. The lowest BCUT2D eigenvalue weighted by Gasteiger charge is -2.09. The molecule has 1 heterocycles. The molecular weight excluding hydrogens is 207 g/mol. The first-order valence-corrected chi connectivity index (χ1v) is 5.01. The minimum absolute atomic E-state index is 0.343. The summed E-state index contributed by atoms with van der Waals surface area (Å²) in [4.78, 5) is 0. The van der Waals surface area contributed by atoms with Crippen molar-refractivity contribution in [3.05, 3.63) is 53.1 Å². The summed E-state index contributed by atoms with van der Waals surface area (Å²) < 4.78 is 14.8. The summed E-state index contributed by atoms with van der Waals surface area (Å²) >= 11 is 0. The molecule has 1 atom stereocenters. The average molecular weight is 220 g/mol. The first kappa shape index (κ1) is 10.8. The van der Waals surface area contributed by atoms with E-state index in [0.29, 0.717) is 11.3 Å². The quantitative estimate of drug-likeness (QED) is 0.840. The van der Waals surface area contributed by atoms with E-state index in [1.54, 1.807) is 37.0 Å². The number of nitrogens with zero attached hydrogens (tertiary/aromatic N) is 2. The van der Waals surface area contributed by atoms with Gasteiger partial charge in [0.2, 0.25) is 0 Å². The highest BCUT2D eigenvalue weighted by molar-refractivity contribution is 5.29. The molecule has 1 aromatic heterocycles. The second-order valence-electron chi connectivity index (χ2n) is 3.88. The van der Waals surface area contributed by atoms with Gasteiger partial charge in [0.05, 0.1) is 5.69 Å². The van der Waals surface area contributed by atoms with E-state index in [1.807, 2.05) is 0 Å². The zero-order chi connectivity index (χ0) is 11.7. The van der Waals surface area contributed by atoms with Gasteiger partial charge in [0, 0.05) is 13.2 Å². The van der Waals surface area contributed by atoms with Crippen LogP contribution >= 0.6 is 0 Å². The van der Waals surface area contributed by atoms with E-state index in [-0.39, 0.29) is 5.82 Å². The second kappa shape index (κ2) is 4.06. The zero-order valence-electron chi connectivity index (χ0n) is 9.18. The molecule has 0 bridgehead atoms. The zero-order valence-corrected chi connectivity index (χ0v) is 9.18. The Kier molecular flexibility index (Phi) is 2.75. The van der Waals surface area contributed by atoms with Crippen molar-refractivity contribution in [3.8, 4) is 0 Å². The molecule has 1 unspecified atom stereocenters. The van der Waals surface area contributed by atoms with Gasteiger partial charge in [0.1, 0.15) is 11.9 Å². The molecule has 1 aromatic carbocycles. The Morgan fingerprint density at radius 3 is 2.69 bits per heavy atom. The van der Waals surface area contributed by atoms with Gasteiger partial charge in [-0.3, -0.25) is 4.68 Å². The lowest BCUT2D eigenvalue weighted by molar-refractivity contribution is 0.213. The molecule has 0 amide bonds. The first-order chi connectivity index (χ1) is 7.56. The summed E-state index contributed by atoms with van der Waals surface area (Å²) in [6, 6.07) is 6.22. The number of hydrogen-bond donors (Lipinski definition) is 1. The van der Waals surface area contributed by atoms with Crippen LogP contribution in [0, 0.1) is 12.7 Å². The van der Waals surface area contributed by atoms with Crippen LogP contribution in [0.2, 0.25) is 0 Å². The number of aliphatic hydroxyl groups excluding tert-OH is 1. The molecule has 84 valence electrons. The van der Waals surface area contributed by atoms with Crippen molar-refractivity contribution in [2.75, 3.05) is 0 Å². The fraction of sp³-hybridized carbons (Fsp3) is 0.250. The third kappa shape index (κ3) is 2.12. The van der Waals surface area contributed by atoms with Gasteiger partial charge >= 0.3 is 0 Å². The monoisotopic (exact) mass is 220 g/mol. The number of aryl methyl sites for hydroxylation is 2. The molecule has 0 spiro atoms. The van der Waals surface area contributed by atoms with Gasteiger partial charge in [0.25, 0.3) is 0 Å². The largest absolute Gasteiger partial charge is 0.382 e. The van der Waals surface area contributed by atoms with Crippen LogP contribution in [-0.2, 0) is 7.05 Å². The third-order valence-corrected chi connectivity index (χ3v) is 2.39. The highest BCUT2D eigenvalue weighted by atomic mass is 19.1. The van der Waals surface area contributed by atoms with E-state index in [2.05, 4.69) is 5.10 Å². The van der Waals surface area contributed by atoms with Crippen LogP contribution < -0.4 is 0 Å². The Morgan fingerprint density at radius 2 is 2.12 bits per heavy atom. The number of aliphatic hydroxyl groups is 1. The van der Waals surface area contributed by atoms with Crippen molar-refractivity contribution in [2.45, 2.75) is 13.0 Å². The molecule has 0 saturated carbocycles. The average Bonchev–Trinajstić information content (AvgIpc) is 2.62. The first-order valence-electron chi connectivity index (χ1n) is 5.01.